The zero-order chi connectivity index (χ0) is 14.5. The molecule has 2 rings (SSSR count). The summed E-state index contributed by atoms with van der Waals surface area (Å²) in [5.41, 5.74) is 0.911. The molecule has 1 saturated carbocycles. The van der Waals surface area contributed by atoms with Gasteiger partial charge in [0, 0.05) is 0 Å². The summed E-state index contributed by atoms with van der Waals surface area (Å²) in [4.78, 5) is 11.9. The lowest BCUT2D eigenvalue weighted by molar-refractivity contribution is -0.143. The van der Waals surface area contributed by atoms with Gasteiger partial charge in [0.1, 0.15) is 11.8 Å². The van der Waals surface area contributed by atoms with Crippen molar-refractivity contribution in [2.24, 2.45) is 5.92 Å². The fourth-order valence-electron chi connectivity index (χ4n) is 2.07. The third-order valence-corrected chi connectivity index (χ3v) is 3.33. The predicted molar refractivity (Wildman–Crippen MR) is 77.7 cm³/mol. The van der Waals surface area contributed by atoms with Crippen LogP contribution in [0.25, 0.3) is 0 Å². The number of carbonyl (C=O) groups excluding carboxylic acids is 1. The first-order chi connectivity index (χ1) is 9.60. The Bertz CT molecular complexity index is 438. The number of esters is 1. The number of rotatable bonds is 7. The number of benzene rings is 1. The maximum Gasteiger partial charge on any atom is 0.327 e. The molecule has 0 spiro atoms. The van der Waals surface area contributed by atoms with Crippen LogP contribution in [0.15, 0.2) is 24.3 Å². The van der Waals surface area contributed by atoms with E-state index in [4.69, 9.17) is 9.47 Å². The monoisotopic (exact) mass is 277 g/mol. The van der Waals surface area contributed by atoms with Crippen molar-refractivity contribution < 1.29 is 14.3 Å². The fraction of sp³-hybridized carbons (Fsp3) is 0.562. The fourth-order valence-corrected chi connectivity index (χ4v) is 2.07. The number of ether oxygens (including phenoxy) is 2. The molecule has 1 N–H and O–H groups in total. The van der Waals surface area contributed by atoms with E-state index in [9.17, 15) is 4.79 Å². The number of methoxy groups -OCH3 is 1. The molecule has 0 saturated heterocycles. The lowest BCUT2D eigenvalue weighted by atomic mass is 10.1. The molecule has 1 aliphatic carbocycles. The van der Waals surface area contributed by atoms with Gasteiger partial charge in [0.05, 0.1) is 13.2 Å². The Kier molecular flexibility index (Phi) is 5.01. The molecule has 1 aromatic rings. The Morgan fingerprint density at radius 1 is 1.30 bits per heavy atom. The van der Waals surface area contributed by atoms with Crippen LogP contribution in [0, 0.1) is 5.92 Å². The molecular weight excluding hydrogens is 254 g/mol. The molecule has 4 heteroatoms. The predicted octanol–water partition coefficient (Wildman–Crippen LogP) is 2.69. The molecule has 0 aromatic heterocycles. The summed E-state index contributed by atoms with van der Waals surface area (Å²) in [6.45, 7) is 4.84. The van der Waals surface area contributed by atoms with Gasteiger partial charge in [-0.05, 0) is 56.8 Å². The first kappa shape index (κ1) is 14.9. The average molecular weight is 277 g/mol. The van der Waals surface area contributed by atoms with Crippen LogP contribution in [-0.2, 0) is 9.53 Å². The highest BCUT2D eigenvalue weighted by molar-refractivity contribution is 5.77. The third-order valence-electron chi connectivity index (χ3n) is 3.33. The second kappa shape index (κ2) is 6.75. The molecule has 0 amide bonds. The van der Waals surface area contributed by atoms with E-state index in [-0.39, 0.29) is 12.1 Å². The minimum absolute atomic E-state index is 0.144. The van der Waals surface area contributed by atoms with Crippen molar-refractivity contribution in [1.82, 2.24) is 5.32 Å². The van der Waals surface area contributed by atoms with E-state index in [2.05, 4.69) is 5.32 Å². The van der Waals surface area contributed by atoms with Gasteiger partial charge in [0.15, 0.2) is 0 Å². The molecule has 0 bridgehead atoms. The number of carbonyl (C=O) groups is 1. The maximum atomic E-state index is 11.9. The highest BCUT2D eigenvalue weighted by Crippen LogP contribution is 2.29. The van der Waals surface area contributed by atoms with E-state index in [1.54, 1.807) is 0 Å². The Labute approximate surface area is 120 Å². The summed E-state index contributed by atoms with van der Waals surface area (Å²) in [6.07, 6.45) is 2.65. The minimum Gasteiger partial charge on any atom is -0.491 e. The quantitative estimate of drug-likeness (QED) is 0.778. The van der Waals surface area contributed by atoms with Crippen LogP contribution in [0.2, 0.25) is 0 Å². The first-order valence-electron chi connectivity index (χ1n) is 7.18. The average Bonchev–Trinajstić information content (AvgIpc) is 3.24. The summed E-state index contributed by atoms with van der Waals surface area (Å²) >= 11 is 0. The van der Waals surface area contributed by atoms with Crippen LogP contribution >= 0.6 is 0 Å². The largest absolute Gasteiger partial charge is 0.491 e. The standard InChI is InChI=1S/C16H23NO3/c1-11(2)20-14-8-6-13(7-9-14)15(16(18)19-3)17-10-12-4-5-12/h6-9,11-12,15,17H,4-5,10H2,1-3H3. The second-order valence-corrected chi connectivity index (χ2v) is 5.54. The molecule has 0 radical (unpaired) electrons. The lowest BCUT2D eigenvalue weighted by Gasteiger charge is -2.17. The van der Waals surface area contributed by atoms with E-state index < -0.39 is 6.04 Å². The van der Waals surface area contributed by atoms with Crippen LogP contribution in [0.5, 0.6) is 5.75 Å². The van der Waals surface area contributed by atoms with Gasteiger partial charge >= 0.3 is 5.97 Å². The highest BCUT2D eigenvalue weighted by atomic mass is 16.5. The zero-order valence-corrected chi connectivity index (χ0v) is 12.4. The number of hydrogen-bond donors (Lipinski definition) is 1. The summed E-state index contributed by atoms with van der Waals surface area (Å²) in [5, 5.41) is 3.29. The van der Waals surface area contributed by atoms with Gasteiger partial charge in [-0.2, -0.15) is 0 Å². The second-order valence-electron chi connectivity index (χ2n) is 5.54. The molecule has 1 aliphatic rings. The van der Waals surface area contributed by atoms with Crippen LogP contribution in [0.4, 0.5) is 0 Å². The lowest BCUT2D eigenvalue weighted by Crippen LogP contribution is -2.31. The zero-order valence-electron chi connectivity index (χ0n) is 12.4. The topological polar surface area (TPSA) is 47.6 Å². The third kappa shape index (κ3) is 4.23. The highest BCUT2D eigenvalue weighted by Gasteiger charge is 2.26. The molecule has 20 heavy (non-hydrogen) atoms. The van der Waals surface area contributed by atoms with Crippen molar-refractivity contribution >= 4 is 5.97 Å². The van der Waals surface area contributed by atoms with Crippen LogP contribution in [0.1, 0.15) is 38.3 Å². The molecular formula is C16H23NO3. The summed E-state index contributed by atoms with van der Waals surface area (Å²) < 4.78 is 10.5. The van der Waals surface area contributed by atoms with Crippen LogP contribution < -0.4 is 10.1 Å². The van der Waals surface area contributed by atoms with E-state index in [0.29, 0.717) is 5.92 Å². The van der Waals surface area contributed by atoms with Gasteiger partial charge < -0.3 is 14.8 Å². The molecule has 1 aromatic carbocycles. The van der Waals surface area contributed by atoms with E-state index in [1.165, 1.54) is 20.0 Å². The molecule has 110 valence electrons. The van der Waals surface area contributed by atoms with Crippen LogP contribution in [0.3, 0.4) is 0 Å². The molecule has 4 nitrogen and oxygen atoms in total. The molecule has 0 heterocycles. The molecule has 1 unspecified atom stereocenters. The SMILES string of the molecule is COC(=O)C(NCC1CC1)c1ccc(OC(C)C)cc1. The van der Waals surface area contributed by atoms with Crippen LogP contribution in [-0.4, -0.2) is 25.7 Å². The normalized spacial score (nSPS) is 16.0. The Balaban J connectivity index is 2.04. The van der Waals surface area contributed by atoms with Gasteiger partial charge in [-0.3, -0.25) is 0 Å². The Hall–Kier alpha value is -1.55. The Morgan fingerprint density at radius 3 is 2.45 bits per heavy atom. The van der Waals surface area contributed by atoms with Gasteiger partial charge in [0.25, 0.3) is 0 Å². The van der Waals surface area contributed by atoms with Gasteiger partial charge in [-0.1, -0.05) is 12.1 Å². The van der Waals surface area contributed by atoms with Crippen molar-refractivity contribution in [2.75, 3.05) is 13.7 Å². The van der Waals surface area contributed by atoms with Crippen molar-refractivity contribution in [2.45, 2.75) is 38.8 Å². The van der Waals surface area contributed by atoms with E-state index >= 15 is 0 Å². The van der Waals surface area contributed by atoms with E-state index in [1.807, 2.05) is 38.1 Å². The number of nitrogens with one attached hydrogen (secondary N) is 1. The van der Waals surface area contributed by atoms with Gasteiger partial charge in [-0.15, -0.1) is 0 Å². The summed E-state index contributed by atoms with van der Waals surface area (Å²) in [6, 6.07) is 7.22. The maximum absolute atomic E-state index is 11.9. The molecule has 0 aliphatic heterocycles. The van der Waals surface area contributed by atoms with Gasteiger partial charge in [-0.25, -0.2) is 4.79 Å². The first-order valence-corrected chi connectivity index (χ1v) is 7.18. The summed E-state index contributed by atoms with van der Waals surface area (Å²) in [5.74, 6) is 1.28. The van der Waals surface area contributed by atoms with Gasteiger partial charge in [0.2, 0.25) is 0 Å². The van der Waals surface area contributed by atoms with Crippen molar-refractivity contribution in [1.29, 1.82) is 0 Å². The molecule has 1 atom stereocenters. The minimum atomic E-state index is -0.395. The summed E-state index contributed by atoms with van der Waals surface area (Å²) in [7, 11) is 1.42. The molecule has 1 fully saturated rings. The van der Waals surface area contributed by atoms with Crippen molar-refractivity contribution in [3.8, 4) is 5.75 Å². The smallest absolute Gasteiger partial charge is 0.327 e. The Morgan fingerprint density at radius 2 is 1.95 bits per heavy atom. The van der Waals surface area contributed by atoms with Crippen molar-refractivity contribution in [3.05, 3.63) is 29.8 Å². The number of hydrogen-bond acceptors (Lipinski definition) is 4. The van der Waals surface area contributed by atoms with E-state index in [0.717, 1.165) is 17.9 Å². The van der Waals surface area contributed by atoms with Crippen molar-refractivity contribution in [3.63, 3.8) is 0 Å².